The van der Waals surface area contributed by atoms with Crippen LogP contribution in [0.25, 0.3) is 10.8 Å². The molecule has 1 aliphatic heterocycles. The van der Waals surface area contributed by atoms with E-state index in [1.807, 2.05) is 37.4 Å². The first-order chi connectivity index (χ1) is 17.1. The van der Waals surface area contributed by atoms with Crippen molar-refractivity contribution in [2.45, 2.75) is 19.4 Å². The summed E-state index contributed by atoms with van der Waals surface area (Å²) in [7, 11) is 1.81. The first-order valence-electron chi connectivity index (χ1n) is 11.8. The summed E-state index contributed by atoms with van der Waals surface area (Å²) >= 11 is 0. The Morgan fingerprint density at radius 2 is 1.97 bits per heavy atom. The fourth-order valence-corrected chi connectivity index (χ4v) is 4.00. The number of nitrogens with one attached hydrogen (secondary N) is 2. The molecule has 1 saturated heterocycles. The monoisotopic (exact) mass is 472 g/mol. The fourth-order valence-electron chi connectivity index (χ4n) is 4.00. The van der Waals surface area contributed by atoms with E-state index in [0.717, 1.165) is 34.1 Å². The van der Waals surface area contributed by atoms with Gasteiger partial charge in [-0.3, -0.25) is 4.79 Å². The number of hydrogen-bond donors (Lipinski definition) is 2. The van der Waals surface area contributed by atoms with Gasteiger partial charge in [-0.05, 0) is 42.7 Å². The Morgan fingerprint density at radius 3 is 2.69 bits per heavy atom. The minimum atomic E-state index is -0.0404. The number of nitrogens with zero attached hydrogens (tertiary/aromatic N) is 2. The van der Waals surface area contributed by atoms with Crippen LogP contribution in [0.2, 0.25) is 0 Å². The average Bonchev–Trinajstić information content (AvgIpc) is 3.64. The molecule has 1 aromatic carbocycles. The molecule has 0 spiro atoms. The SMILES string of the molecule is CNc1ncc(C#Cc2ccc(OC[C@H]3COCCO3)cc2)c2cc(NC(=O)[C@H]3C[C@H]3C)ncc12. The number of rotatable bonds is 6. The zero-order valence-electron chi connectivity index (χ0n) is 19.8. The van der Waals surface area contributed by atoms with Gasteiger partial charge in [0.15, 0.2) is 0 Å². The molecule has 1 amide bonds. The van der Waals surface area contributed by atoms with E-state index in [-0.39, 0.29) is 17.9 Å². The molecule has 1 aliphatic carbocycles. The van der Waals surface area contributed by atoms with E-state index < -0.39 is 0 Å². The summed E-state index contributed by atoms with van der Waals surface area (Å²) in [5.74, 6) is 8.94. The minimum Gasteiger partial charge on any atom is -0.491 e. The fraction of sp³-hybridized carbons (Fsp3) is 0.370. The second-order valence-electron chi connectivity index (χ2n) is 8.85. The number of hydrogen-bond acceptors (Lipinski definition) is 7. The molecule has 3 heterocycles. The Hall–Kier alpha value is -3.67. The van der Waals surface area contributed by atoms with E-state index in [4.69, 9.17) is 14.2 Å². The first kappa shape index (κ1) is 23.1. The predicted molar refractivity (Wildman–Crippen MR) is 133 cm³/mol. The quantitative estimate of drug-likeness (QED) is 0.531. The molecule has 0 bridgehead atoms. The molecule has 3 aromatic rings. The van der Waals surface area contributed by atoms with Gasteiger partial charge in [0, 0.05) is 41.7 Å². The van der Waals surface area contributed by atoms with Crippen LogP contribution in [0.4, 0.5) is 11.6 Å². The zero-order chi connectivity index (χ0) is 24.2. The molecule has 180 valence electrons. The van der Waals surface area contributed by atoms with Crippen LogP contribution in [0.5, 0.6) is 5.75 Å². The molecule has 0 unspecified atom stereocenters. The lowest BCUT2D eigenvalue weighted by molar-refractivity contribution is -0.117. The van der Waals surface area contributed by atoms with Gasteiger partial charge in [0.2, 0.25) is 5.91 Å². The molecule has 2 aromatic heterocycles. The van der Waals surface area contributed by atoms with Crippen molar-refractivity contribution in [2.24, 2.45) is 11.8 Å². The van der Waals surface area contributed by atoms with Crippen molar-refractivity contribution in [3.63, 3.8) is 0 Å². The Labute approximate surface area is 204 Å². The van der Waals surface area contributed by atoms with E-state index in [1.165, 1.54) is 0 Å². The summed E-state index contributed by atoms with van der Waals surface area (Å²) in [6, 6.07) is 9.49. The van der Waals surface area contributed by atoms with Gasteiger partial charge < -0.3 is 24.8 Å². The predicted octanol–water partition coefficient (Wildman–Crippen LogP) is 3.46. The average molecular weight is 473 g/mol. The van der Waals surface area contributed by atoms with E-state index in [1.54, 1.807) is 12.4 Å². The van der Waals surface area contributed by atoms with Crippen molar-refractivity contribution in [1.82, 2.24) is 9.97 Å². The molecule has 0 radical (unpaired) electrons. The van der Waals surface area contributed by atoms with E-state index in [2.05, 4.69) is 39.4 Å². The van der Waals surface area contributed by atoms with Crippen molar-refractivity contribution < 1.29 is 19.0 Å². The largest absolute Gasteiger partial charge is 0.491 e. The lowest BCUT2D eigenvalue weighted by atomic mass is 10.1. The molecule has 2 fully saturated rings. The summed E-state index contributed by atoms with van der Waals surface area (Å²) in [5, 5.41) is 7.74. The number of anilines is 2. The number of benzene rings is 1. The standard InChI is InChI=1S/C27H28N4O4/c1-17-11-22(17)27(32)31-25-12-23-19(13-30-26(28-2)24(23)14-29-25)6-3-18-4-7-20(8-5-18)35-16-21-15-33-9-10-34-21/h4-5,7-8,12-14,17,21-22H,9-11,15-16H2,1-2H3,(H,28,30)(H,29,31,32)/t17-,21-,22+/m1/s1. The van der Waals surface area contributed by atoms with Gasteiger partial charge in [-0.15, -0.1) is 0 Å². The highest BCUT2D eigenvalue weighted by Gasteiger charge is 2.39. The zero-order valence-corrected chi connectivity index (χ0v) is 19.8. The maximum absolute atomic E-state index is 12.4. The third-order valence-corrected chi connectivity index (χ3v) is 6.22. The van der Waals surface area contributed by atoms with Crippen molar-refractivity contribution in [3.05, 3.63) is 53.9 Å². The van der Waals surface area contributed by atoms with Gasteiger partial charge in [-0.25, -0.2) is 9.97 Å². The lowest BCUT2D eigenvalue weighted by Crippen LogP contribution is -2.33. The maximum atomic E-state index is 12.4. The highest BCUT2D eigenvalue weighted by molar-refractivity contribution is 5.99. The highest BCUT2D eigenvalue weighted by atomic mass is 16.6. The number of pyridine rings is 2. The minimum absolute atomic E-state index is 0.0183. The van der Waals surface area contributed by atoms with Crippen LogP contribution in [0.1, 0.15) is 24.5 Å². The normalized spacial score (nSPS) is 21.0. The molecule has 8 heteroatoms. The van der Waals surface area contributed by atoms with Crippen molar-refractivity contribution in [1.29, 1.82) is 0 Å². The van der Waals surface area contributed by atoms with Crippen LogP contribution in [0, 0.1) is 23.7 Å². The van der Waals surface area contributed by atoms with Crippen molar-refractivity contribution in [3.8, 4) is 17.6 Å². The van der Waals surface area contributed by atoms with Gasteiger partial charge in [0.05, 0.1) is 25.4 Å². The topological polar surface area (TPSA) is 94.6 Å². The smallest absolute Gasteiger partial charge is 0.228 e. The number of carbonyl (C=O) groups excluding carboxylic acids is 1. The molecule has 8 nitrogen and oxygen atoms in total. The van der Waals surface area contributed by atoms with Crippen molar-refractivity contribution in [2.75, 3.05) is 44.1 Å². The van der Waals surface area contributed by atoms with Gasteiger partial charge in [-0.2, -0.15) is 0 Å². The summed E-state index contributed by atoms with van der Waals surface area (Å²) in [4.78, 5) is 21.3. The van der Waals surface area contributed by atoms with Gasteiger partial charge in [0.25, 0.3) is 0 Å². The van der Waals surface area contributed by atoms with Crippen LogP contribution in [-0.2, 0) is 14.3 Å². The number of aromatic nitrogens is 2. The second kappa shape index (κ2) is 10.3. The molecular formula is C27H28N4O4. The molecule has 2 N–H and O–H groups in total. The Kier molecular flexibility index (Phi) is 6.80. The van der Waals surface area contributed by atoms with Crippen LogP contribution in [0.3, 0.4) is 0 Å². The van der Waals surface area contributed by atoms with Crippen LogP contribution in [-0.4, -0.2) is 55.5 Å². The van der Waals surface area contributed by atoms with Gasteiger partial charge in [-0.1, -0.05) is 18.8 Å². The summed E-state index contributed by atoms with van der Waals surface area (Å²) in [6.07, 6.45) is 4.34. The van der Waals surface area contributed by atoms with Crippen LogP contribution >= 0.6 is 0 Å². The summed E-state index contributed by atoms with van der Waals surface area (Å²) < 4.78 is 16.8. The highest BCUT2D eigenvalue weighted by Crippen LogP contribution is 2.38. The molecule has 3 atom stereocenters. The van der Waals surface area contributed by atoms with Crippen LogP contribution < -0.4 is 15.4 Å². The molecular weight excluding hydrogens is 444 g/mol. The van der Waals surface area contributed by atoms with E-state index >= 15 is 0 Å². The molecule has 5 rings (SSSR count). The lowest BCUT2D eigenvalue weighted by Gasteiger charge is -2.22. The van der Waals surface area contributed by atoms with Gasteiger partial charge in [0.1, 0.15) is 30.1 Å². The number of ether oxygens (including phenoxy) is 3. The van der Waals surface area contributed by atoms with E-state index in [9.17, 15) is 4.79 Å². The van der Waals surface area contributed by atoms with Gasteiger partial charge >= 0.3 is 0 Å². The first-order valence-corrected chi connectivity index (χ1v) is 11.8. The van der Waals surface area contributed by atoms with Crippen LogP contribution in [0.15, 0.2) is 42.7 Å². The Morgan fingerprint density at radius 1 is 1.14 bits per heavy atom. The molecule has 2 aliphatic rings. The molecule has 35 heavy (non-hydrogen) atoms. The maximum Gasteiger partial charge on any atom is 0.228 e. The Balaban J connectivity index is 1.33. The third-order valence-electron chi connectivity index (χ3n) is 6.22. The number of carbonyl (C=O) groups is 1. The number of amides is 1. The Bertz CT molecular complexity index is 1280. The summed E-state index contributed by atoms with van der Waals surface area (Å²) in [6.45, 7) is 4.32. The molecule has 1 saturated carbocycles. The second-order valence-corrected chi connectivity index (χ2v) is 8.85. The van der Waals surface area contributed by atoms with E-state index in [0.29, 0.717) is 44.0 Å². The summed E-state index contributed by atoms with van der Waals surface area (Å²) in [5.41, 5.74) is 1.61. The van der Waals surface area contributed by atoms with Crippen molar-refractivity contribution >= 4 is 28.3 Å². The number of fused-ring (bicyclic) bond motifs is 1. The third kappa shape index (κ3) is 5.53.